The highest BCUT2D eigenvalue weighted by atomic mass is 16.3. The first-order valence-electron chi connectivity index (χ1n) is 20.5. The van der Waals surface area contributed by atoms with Crippen molar-refractivity contribution < 1.29 is 19.8 Å². The number of rotatable bonds is 9. The van der Waals surface area contributed by atoms with Crippen molar-refractivity contribution in [3.63, 3.8) is 0 Å². The van der Waals surface area contributed by atoms with E-state index in [1.165, 1.54) is 0 Å². The van der Waals surface area contributed by atoms with Crippen molar-refractivity contribution in [3.8, 4) is 22.9 Å². The van der Waals surface area contributed by atoms with E-state index in [-0.39, 0.29) is 24.3 Å². The van der Waals surface area contributed by atoms with Gasteiger partial charge in [-0.05, 0) is 100 Å². The van der Waals surface area contributed by atoms with Gasteiger partial charge in [-0.1, -0.05) is 30.3 Å². The number of pyridine rings is 3. The molecular weight excluding hydrogens is 811 g/mol. The second-order valence-corrected chi connectivity index (χ2v) is 16.8. The zero-order chi connectivity index (χ0) is 44.3. The summed E-state index contributed by atoms with van der Waals surface area (Å²) in [7, 11) is 0. The third kappa shape index (κ3) is 7.69. The molecule has 0 aliphatic carbocycles. The standard InChI is InChI=1S/C47H41N13O4/c1-46(2,63)24-57-36-13-7-5-10-31(36)53-44(57)55-42(61)29-17-19-48-39(22-29)59-26-51-35-20-28(15-16-38(35)59)34-21-30(23-40(52-34)60-27-50-33-12-9-18-49-41(33)60)43(62)56-45-54-32-11-6-8-14-37(32)58(45)25-47(3,4)64/h5-23,26-27,63-64H,24-25H2,1-4H3,(H,53,55,61)(H,54,56,62). The first kappa shape index (κ1) is 40.0. The van der Waals surface area contributed by atoms with Gasteiger partial charge in [-0.15, -0.1) is 0 Å². The van der Waals surface area contributed by atoms with Crippen LogP contribution in [0.2, 0.25) is 0 Å². The third-order valence-corrected chi connectivity index (χ3v) is 10.6. The van der Waals surface area contributed by atoms with Gasteiger partial charge in [0.25, 0.3) is 11.8 Å². The molecule has 10 aromatic rings. The molecule has 318 valence electrons. The Kier molecular flexibility index (Phi) is 9.57. The summed E-state index contributed by atoms with van der Waals surface area (Å²) in [4.78, 5) is 66.7. The number of aromatic nitrogens is 11. The molecule has 10 rings (SSSR count). The van der Waals surface area contributed by atoms with Gasteiger partial charge >= 0.3 is 0 Å². The number of hydrogen-bond acceptors (Lipinski definition) is 9. The van der Waals surface area contributed by atoms with Crippen molar-refractivity contribution in [2.24, 2.45) is 9.98 Å². The second-order valence-electron chi connectivity index (χ2n) is 16.8. The molecule has 0 aliphatic heterocycles. The minimum atomic E-state index is -1.09. The maximum Gasteiger partial charge on any atom is 0.280 e. The number of carbonyl (C=O) groups is 2. The van der Waals surface area contributed by atoms with Crippen LogP contribution in [0.5, 0.6) is 0 Å². The van der Waals surface area contributed by atoms with Crippen molar-refractivity contribution >= 4 is 56.1 Å². The molecule has 0 atom stereocenters. The van der Waals surface area contributed by atoms with E-state index >= 15 is 0 Å². The Balaban J connectivity index is 1.03. The summed E-state index contributed by atoms with van der Waals surface area (Å²) in [6, 6.07) is 31.0. The van der Waals surface area contributed by atoms with E-state index in [9.17, 15) is 19.8 Å². The lowest BCUT2D eigenvalue weighted by molar-refractivity contribution is 0.0608. The molecule has 17 nitrogen and oxygen atoms in total. The van der Waals surface area contributed by atoms with Crippen molar-refractivity contribution in [1.29, 1.82) is 0 Å². The fraction of sp³-hybridized carbons (Fsp3) is 0.170. The number of fused-ring (bicyclic) bond motifs is 4. The molecule has 0 aliphatic rings. The number of para-hydroxylation sites is 4. The number of benzene rings is 3. The molecule has 4 N–H and O–H groups in total. The van der Waals surface area contributed by atoms with Crippen molar-refractivity contribution in [2.75, 3.05) is 0 Å². The average Bonchev–Trinajstić information content (AvgIpc) is 4.06. The number of nitrogens with zero attached hydrogens (tertiary/aromatic N) is 11. The fourth-order valence-corrected chi connectivity index (χ4v) is 7.79. The zero-order valence-corrected chi connectivity index (χ0v) is 35.2. The smallest absolute Gasteiger partial charge is 0.280 e. The largest absolute Gasteiger partial charge is 0.389 e. The molecule has 3 aromatic carbocycles. The lowest BCUT2D eigenvalue weighted by Crippen LogP contribution is -2.32. The minimum Gasteiger partial charge on any atom is -0.389 e. The molecule has 0 fully saturated rings. The van der Waals surface area contributed by atoms with Gasteiger partial charge < -0.3 is 29.3 Å². The highest BCUT2D eigenvalue weighted by Gasteiger charge is 2.21. The summed E-state index contributed by atoms with van der Waals surface area (Å²) in [5, 5.41) is 21.4. The Hall–Kier alpha value is -8.15. The molecule has 2 amide bonds. The van der Waals surface area contributed by atoms with Crippen LogP contribution in [0.25, 0.3) is 67.2 Å². The first-order valence-corrected chi connectivity index (χ1v) is 20.5. The van der Waals surface area contributed by atoms with Gasteiger partial charge in [-0.2, -0.15) is 9.98 Å². The number of aromatic amines is 2. The predicted molar refractivity (Wildman–Crippen MR) is 239 cm³/mol. The molecule has 0 saturated carbocycles. The maximum absolute atomic E-state index is 14.2. The summed E-state index contributed by atoms with van der Waals surface area (Å²) in [5.41, 5.74) is 5.84. The van der Waals surface area contributed by atoms with Crippen LogP contribution in [0.15, 0.2) is 138 Å². The molecule has 0 saturated heterocycles. The van der Waals surface area contributed by atoms with Crippen LogP contribution in [0.1, 0.15) is 48.4 Å². The Morgan fingerprint density at radius 2 is 1.20 bits per heavy atom. The second kappa shape index (κ2) is 15.3. The minimum absolute atomic E-state index is 0.190. The molecule has 0 spiro atoms. The van der Waals surface area contributed by atoms with Gasteiger partial charge in [0.1, 0.15) is 29.8 Å². The van der Waals surface area contributed by atoms with Crippen LogP contribution in [0.3, 0.4) is 0 Å². The van der Waals surface area contributed by atoms with Crippen LogP contribution in [0.4, 0.5) is 0 Å². The Morgan fingerprint density at radius 3 is 1.88 bits per heavy atom. The van der Waals surface area contributed by atoms with Crippen LogP contribution in [-0.4, -0.2) is 86.4 Å². The lowest BCUT2D eigenvalue weighted by atomic mass is 10.1. The molecule has 0 bridgehead atoms. The van der Waals surface area contributed by atoms with Crippen molar-refractivity contribution in [1.82, 2.24) is 53.2 Å². The van der Waals surface area contributed by atoms with Crippen molar-refractivity contribution in [3.05, 3.63) is 151 Å². The normalized spacial score (nSPS) is 13.0. The number of H-pyrrole nitrogens is 2. The highest BCUT2D eigenvalue weighted by Crippen LogP contribution is 2.28. The van der Waals surface area contributed by atoms with E-state index in [4.69, 9.17) is 9.97 Å². The molecule has 7 aromatic heterocycles. The van der Waals surface area contributed by atoms with Gasteiger partial charge in [0.05, 0.1) is 63.1 Å². The molecule has 0 unspecified atom stereocenters. The van der Waals surface area contributed by atoms with E-state index < -0.39 is 23.0 Å². The summed E-state index contributed by atoms with van der Waals surface area (Å²) in [6.07, 6.45) is 6.45. The van der Waals surface area contributed by atoms with E-state index in [0.29, 0.717) is 56.3 Å². The van der Waals surface area contributed by atoms with Crippen LogP contribution in [0, 0.1) is 0 Å². The van der Waals surface area contributed by atoms with E-state index in [1.54, 1.807) is 101 Å². The number of aliphatic hydroxyl groups is 2. The van der Waals surface area contributed by atoms with E-state index in [1.807, 2.05) is 72.8 Å². The number of carbonyl (C=O) groups excluding carboxylic acids is 2. The lowest BCUT2D eigenvalue weighted by Gasteiger charge is -2.18. The number of hydrogen-bond donors (Lipinski definition) is 4. The van der Waals surface area contributed by atoms with Gasteiger partial charge in [-0.25, -0.2) is 24.9 Å². The quantitative estimate of drug-likeness (QED) is 0.138. The van der Waals surface area contributed by atoms with Gasteiger partial charge in [0.2, 0.25) is 11.2 Å². The Labute approximate surface area is 363 Å². The molecular formula is C47H41N13O4. The summed E-state index contributed by atoms with van der Waals surface area (Å²) < 4.78 is 7.08. The zero-order valence-electron chi connectivity index (χ0n) is 35.2. The molecule has 7 heterocycles. The topological polar surface area (TPSA) is 215 Å². The summed E-state index contributed by atoms with van der Waals surface area (Å²) >= 11 is 0. The van der Waals surface area contributed by atoms with Crippen LogP contribution in [-0.2, 0) is 13.1 Å². The monoisotopic (exact) mass is 851 g/mol. The molecule has 64 heavy (non-hydrogen) atoms. The van der Waals surface area contributed by atoms with Gasteiger partial charge in [0.15, 0.2) is 5.65 Å². The van der Waals surface area contributed by atoms with Gasteiger partial charge in [0, 0.05) is 29.1 Å². The number of nitrogens with one attached hydrogen (secondary N) is 2. The van der Waals surface area contributed by atoms with Crippen LogP contribution < -0.4 is 11.2 Å². The fourth-order valence-electron chi connectivity index (χ4n) is 7.79. The SMILES string of the molecule is CC(C)(O)Cn1c(=NC(=O)c2ccnc(-n3cnc4cc(-c5cc(C(=O)N=c6[nH]c7ccccc7n6CC(C)(C)O)cc(-n6cnc7cccnc76)n5)ccc43)c2)[nH]c2ccccc21. The average molecular weight is 852 g/mol. The molecule has 17 heteroatoms. The third-order valence-electron chi connectivity index (χ3n) is 10.6. The summed E-state index contributed by atoms with van der Waals surface area (Å²) in [6.45, 7) is 7.21. The highest BCUT2D eigenvalue weighted by molar-refractivity contribution is 5.97. The first-order chi connectivity index (χ1) is 30.7. The number of amides is 2. The Bertz CT molecular complexity index is 3610. The molecule has 0 radical (unpaired) electrons. The van der Waals surface area contributed by atoms with E-state index in [2.05, 4.69) is 34.9 Å². The van der Waals surface area contributed by atoms with E-state index in [0.717, 1.165) is 22.1 Å². The maximum atomic E-state index is 14.2. The summed E-state index contributed by atoms with van der Waals surface area (Å²) in [5.74, 6) is -0.178. The van der Waals surface area contributed by atoms with Crippen LogP contribution >= 0.6 is 0 Å². The van der Waals surface area contributed by atoms with Gasteiger partial charge in [-0.3, -0.25) is 18.7 Å². The van der Waals surface area contributed by atoms with Crippen molar-refractivity contribution in [2.45, 2.75) is 52.0 Å². The number of imidazole rings is 4. The predicted octanol–water partition coefficient (Wildman–Crippen LogP) is 5.81. The Morgan fingerprint density at radius 1 is 0.594 bits per heavy atom.